The van der Waals surface area contributed by atoms with Crippen molar-refractivity contribution in [2.75, 3.05) is 0 Å². The number of aromatic hydroxyl groups is 2. The number of phenolic OH excluding ortho intramolecular Hbond substituents is 1. The van der Waals surface area contributed by atoms with Crippen molar-refractivity contribution >= 4 is 5.97 Å². The van der Waals surface area contributed by atoms with E-state index >= 15 is 0 Å². The first-order valence-corrected chi connectivity index (χ1v) is 8.76. The van der Waals surface area contributed by atoms with Crippen LogP contribution in [0.1, 0.15) is 74.4 Å². The number of rotatable bonds is 5. The molecule has 0 aromatic heterocycles. The van der Waals surface area contributed by atoms with Gasteiger partial charge in [0.05, 0.1) is 0 Å². The third-order valence-electron chi connectivity index (χ3n) is 5.12. The van der Waals surface area contributed by atoms with E-state index in [4.69, 9.17) is 0 Å². The summed E-state index contributed by atoms with van der Waals surface area (Å²) in [6, 6.07) is 1.52. The number of carbonyl (C=O) groups is 1. The highest BCUT2D eigenvalue weighted by atomic mass is 16.4. The normalized spacial score (nSPS) is 21.0. The van der Waals surface area contributed by atoms with Crippen molar-refractivity contribution in [1.29, 1.82) is 0 Å². The molecule has 2 rings (SSSR count). The van der Waals surface area contributed by atoms with Crippen molar-refractivity contribution in [1.82, 2.24) is 0 Å². The van der Waals surface area contributed by atoms with E-state index in [9.17, 15) is 20.1 Å². The Bertz CT molecular complexity index is 658. The molecule has 4 nitrogen and oxygen atoms in total. The second kappa shape index (κ2) is 7.29. The van der Waals surface area contributed by atoms with E-state index in [1.807, 2.05) is 13.8 Å². The number of hydrogen-bond donors (Lipinski definition) is 3. The molecule has 1 aliphatic carbocycles. The lowest BCUT2D eigenvalue weighted by Gasteiger charge is -2.34. The fourth-order valence-corrected chi connectivity index (χ4v) is 3.89. The SMILES string of the molecule is CCCc1cc(O)c([C@@H]2C=C(C)CC[C@H]2C(C)C)c(O)c1C(=O)O. The zero-order chi connectivity index (χ0) is 18.0. The van der Waals surface area contributed by atoms with Crippen LogP contribution in [0.3, 0.4) is 0 Å². The molecule has 132 valence electrons. The molecule has 0 fully saturated rings. The molecular formula is C20H28O4. The average molecular weight is 332 g/mol. The van der Waals surface area contributed by atoms with Gasteiger partial charge in [0.25, 0.3) is 0 Å². The number of phenols is 2. The van der Waals surface area contributed by atoms with Gasteiger partial charge in [-0.1, -0.05) is 38.8 Å². The van der Waals surface area contributed by atoms with Crippen molar-refractivity contribution in [2.24, 2.45) is 11.8 Å². The predicted molar refractivity (Wildman–Crippen MR) is 94.8 cm³/mol. The first kappa shape index (κ1) is 18.4. The van der Waals surface area contributed by atoms with Crippen LogP contribution in [0.25, 0.3) is 0 Å². The number of benzene rings is 1. The van der Waals surface area contributed by atoms with Crippen LogP contribution < -0.4 is 0 Å². The molecular weight excluding hydrogens is 304 g/mol. The summed E-state index contributed by atoms with van der Waals surface area (Å²) >= 11 is 0. The topological polar surface area (TPSA) is 77.8 Å². The van der Waals surface area contributed by atoms with Crippen LogP contribution in [-0.4, -0.2) is 21.3 Å². The molecule has 0 spiro atoms. The average Bonchev–Trinajstić information content (AvgIpc) is 2.46. The number of hydrogen-bond acceptors (Lipinski definition) is 3. The van der Waals surface area contributed by atoms with Crippen molar-refractivity contribution in [3.63, 3.8) is 0 Å². The maximum Gasteiger partial charge on any atom is 0.339 e. The van der Waals surface area contributed by atoms with Crippen molar-refractivity contribution in [3.05, 3.63) is 34.4 Å². The standard InChI is InChI=1S/C20H28O4/c1-5-6-13-10-16(21)18(19(22)17(13)20(23)24)15-9-12(4)7-8-14(15)11(2)3/h9-11,14-15,21-22H,5-8H2,1-4H3,(H,23,24)/t14-,15+/m0/s1. The van der Waals surface area contributed by atoms with Gasteiger partial charge in [-0.2, -0.15) is 0 Å². The van der Waals surface area contributed by atoms with Gasteiger partial charge in [0.1, 0.15) is 17.1 Å². The first-order valence-electron chi connectivity index (χ1n) is 8.76. The Balaban J connectivity index is 2.66. The van der Waals surface area contributed by atoms with Gasteiger partial charge in [0, 0.05) is 11.5 Å². The largest absolute Gasteiger partial charge is 0.507 e. The zero-order valence-electron chi connectivity index (χ0n) is 15.0. The van der Waals surface area contributed by atoms with Gasteiger partial charge in [-0.25, -0.2) is 4.79 Å². The highest BCUT2D eigenvalue weighted by Gasteiger charge is 2.33. The lowest BCUT2D eigenvalue weighted by atomic mass is 9.71. The van der Waals surface area contributed by atoms with Crippen molar-refractivity contribution in [2.45, 2.75) is 59.3 Å². The summed E-state index contributed by atoms with van der Waals surface area (Å²) in [6.07, 6.45) is 5.31. The van der Waals surface area contributed by atoms with Gasteiger partial charge < -0.3 is 15.3 Å². The van der Waals surface area contributed by atoms with E-state index in [0.717, 1.165) is 19.3 Å². The third kappa shape index (κ3) is 3.42. The van der Waals surface area contributed by atoms with Crippen LogP contribution >= 0.6 is 0 Å². The molecule has 4 heteroatoms. The molecule has 3 N–H and O–H groups in total. The monoisotopic (exact) mass is 332 g/mol. The molecule has 2 atom stereocenters. The Kier molecular flexibility index (Phi) is 5.58. The second-order valence-electron chi connectivity index (χ2n) is 7.23. The van der Waals surface area contributed by atoms with E-state index < -0.39 is 5.97 Å². The minimum absolute atomic E-state index is 0.00236. The summed E-state index contributed by atoms with van der Waals surface area (Å²) in [4.78, 5) is 11.7. The van der Waals surface area contributed by atoms with Gasteiger partial charge in [-0.3, -0.25) is 0 Å². The van der Waals surface area contributed by atoms with E-state index in [0.29, 0.717) is 23.5 Å². The highest BCUT2D eigenvalue weighted by Crippen LogP contribution is 2.48. The lowest BCUT2D eigenvalue weighted by molar-refractivity contribution is 0.0692. The molecule has 1 aliphatic rings. The fraction of sp³-hybridized carbons (Fsp3) is 0.550. The summed E-state index contributed by atoms with van der Waals surface area (Å²) in [5, 5.41) is 30.8. The molecule has 1 aromatic rings. The summed E-state index contributed by atoms with van der Waals surface area (Å²) < 4.78 is 0. The smallest absolute Gasteiger partial charge is 0.339 e. The maximum absolute atomic E-state index is 11.7. The van der Waals surface area contributed by atoms with E-state index in [-0.39, 0.29) is 28.9 Å². The Morgan fingerprint density at radius 3 is 2.54 bits per heavy atom. The highest BCUT2D eigenvalue weighted by molar-refractivity contribution is 5.94. The molecule has 0 saturated heterocycles. The molecule has 0 amide bonds. The molecule has 24 heavy (non-hydrogen) atoms. The van der Waals surface area contributed by atoms with Crippen LogP contribution in [-0.2, 0) is 6.42 Å². The van der Waals surface area contributed by atoms with Gasteiger partial charge >= 0.3 is 5.97 Å². The van der Waals surface area contributed by atoms with Gasteiger partial charge in [0.15, 0.2) is 0 Å². The Hall–Kier alpha value is -1.97. The van der Waals surface area contributed by atoms with E-state index in [1.54, 1.807) is 0 Å². The van der Waals surface area contributed by atoms with Gasteiger partial charge in [0.2, 0.25) is 0 Å². The second-order valence-corrected chi connectivity index (χ2v) is 7.23. The third-order valence-corrected chi connectivity index (χ3v) is 5.12. The number of aromatic carboxylic acids is 1. The Morgan fingerprint density at radius 1 is 1.33 bits per heavy atom. The van der Waals surface area contributed by atoms with E-state index in [1.165, 1.54) is 11.6 Å². The van der Waals surface area contributed by atoms with Crippen LogP contribution in [0.15, 0.2) is 17.7 Å². The molecule has 0 radical (unpaired) electrons. The summed E-state index contributed by atoms with van der Waals surface area (Å²) in [7, 11) is 0. The lowest BCUT2D eigenvalue weighted by Crippen LogP contribution is -2.22. The maximum atomic E-state index is 11.7. The molecule has 0 saturated carbocycles. The van der Waals surface area contributed by atoms with Gasteiger partial charge in [-0.05, 0) is 49.7 Å². The minimum Gasteiger partial charge on any atom is -0.507 e. The van der Waals surface area contributed by atoms with E-state index in [2.05, 4.69) is 19.9 Å². The molecule has 0 aliphatic heterocycles. The zero-order valence-corrected chi connectivity index (χ0v) is 15.0. The Morgan fingerprint density at radius 2 is 2.00 bits per heavy atom. The van der Waals surface area contributed by atoms with Crippen molar-refractivity contribution in [3.8, 4) is 11.5 Å². The molecule has 0 bridgehead atoms. The fourth-order valence-electron chi connectivity index (χ4n) is 3.89. The number of carboxylic acid groups (broad SMARTS) is 1. The predicted octanol–water partition coefficient (Wildman–Crippen LogP) is 4.84. The molecule has 0 unspecified atom stereocenters. The van der Waals surface area contributed by atoms with Crippen LogP contribution in [0, 0.1) is 11.8 Å². The number of carboxylic acids is 1. The molecule has 1 aromatic carbocycles. The van der Waals surface area contributed by atoms with Crippen LogP contribution in [0.5, 0.6) is 11.5 Å². The number of allylic oxidation sites excluding steroid dienone is 2. The first-order chi connectivity index (χ1) is 11.3. The van der Waals surface area contributed by atoms with Crippen LogP contribution in [0.2, 0.25) is 0 Å². The van der Waals surface area contributed by atoms with Crippen LogP contribution in [0.4, 0.5) is 0 Å². The van der Waals surface area contributed by atoms with Crippen molar-refractivity contribution < 1.29 is 20.1 Å². The van der Waals surface area contributed by atoms with Gasteiger partial charge in [-0.15, -0.1) is 0 Å². The summed E-state index contributed by atoms with van der Waals surface area (Å²) in [6.45, 7) is 8.24. The molecule has 0 heterocycles. The summed E-state index contributed by atoms with van der Waals surface area (Å²) in [5.41, 5.74) is 2.00. The summed E-state index contributed by atoms with van der Waals surface area (Å²) in [5.74, 6) is -0.927. The minimum atomic E-state index is -1.14. The number of aryl methyl sites for hydroxylation is 1. The Labute approximate surface area is 143 Å². The quantitative estimate of drug-likeness (QED) is 0.674.